The van der Waals surface area contributed by atoms with E-state index in [-0.39, 0.29) is 22.8 Å². The molecule has 0 bridgehead atoms. The molecule has 3 aromatic carbocycles. The van der Waals surface area contributed by atoms with Crippen LogP contribution in [0.5, 0.6) is 5.75 Å². The van der Waals surface area contributed by atoms with Gasteiger partial charge in [-0.05, 0) is 53.9 Å². The second kappa shape index (κ2) is 10.3. The molecular formula is C26H23BrN2O6S. The van der Waals surface area contributed by atoms with Crippen LogP contribution in [0.1, 0.15) is 22.7 Å². The molecule has 0 aliphatic carbocycles. The first-order valence-corrected chi connectivity index (χ1v) is 13.2. The Morgan fingerprint density at radius 2 is 1.61 bits per heavy atom. The van der Waals surface area contributed by atoms with Gasteiger partial charge >= 0.3 is 0 Å². The van der Waals surface area contributed by atoms with Crippen LogP contribution in [0.15, 0.2) is 87.7 Å². The lowest BCUT2D eigenvalue weighted by atomic mass is 9.95. The molecule has 3 aromatic rings. The Morgan fingerprint density at radius 1 is 1.00 bits per heavy atom. The highest BCUT2D eigenvalue weighted by Crippen LogP contribution is 2.40. The maximum Gasteiger partial charge on any atom is 0.295 e. The monoisotopic (exact) mass is 570 g/mol. The number of benzene rings is 3. The number of likely N-dealkylation sites (tertiary alicyclic amines) is 1. The van der Waals surface area contributed by atoms with Gasteiger partial charge in [0.15, 0.2) is 0 Å². The predicted molar refractivity (Wildman–Crippen MR) is 138 cm³/mol. The predicted octanol–water partition coefficient (Wildman–Crippen LogP) is 3.77. The Kier molecular flexibility index (Phi) is 7.30. The quantitative estimate of drug-likeness (QED) is 0.253. The van der Waals surface area contributed by atoms with Crippen molar-refractivity contribution in [3.8, 4) is 5.75 Å². The third-order valence-corrected chi connectivity index (χ3v) is 7.44. The number of sulfonamides is 1. The molecule has 36 heavy (non-hydrogen) atoms. The highest BCUT2D eigenvalue weighted by molar-refractivity contribution is 9.10. The van der Waals surface area contributed by atoms with Gasteiger partial charge in [-0.25, -0.2) is 13.6 Å². The third-order valence-electron chi connectivity index (χ3n) is 5.98. The van der Waals surface area contributed by atoms with Crippen molar-refractivity contribution in [3.63, 3.8) is 0 Å². The molecule has 186 valence electrons. The number of ketones is 1. The average Bonchev–Trinajstić information content (AvgIpc) is 3.12. The Hall–Kier alpha value is -3.47. The van der Waals surface area contributed by atoms with E-state index in [9.17, 15) is 23.1 Å². The summed E-state index contributed by atoms with van der Waals surface area (Å²) >= 11 is 3.35. The molecule has 1 saturated heterocycles. The van der Waals surface area contributed by atoms with Crippen molar-refractivity contribution >= 4 is 43.4 Å². The van der Waals surface area contributed by atoms with Crippen LogP contribution in [0.4, 0.5) is 0 Å². The Morgan fingerprint density at radius 3 is 2.17 bits per heavy atom. The lowest BCUT2D eigenvalue weighted by Gasteiger charge is -2.25. The van der Waals surface area contributed by atoms with Crippen LogP contribution in [0.3, 0.4) is 0 Å². The normalized spacial score (nSPS) is 17.4. The molecule has 4 rings (SSSR count). The summed E-state index contributed by atoms with van der Waals surface area (Å²) in [5.74, 6) is -1.16. The summed E-state index contributed by atoms with van der Waals surface area (Å²) in [5, 5.41) is 16.3. The molecule has 1 atom stereocenters. The number of aliphatic hydroxyl groups excluding tert-OH is 1. The number of aliphatic hydroxyl groups is 1. The van der Waals surface area contributed by atoms with Crippen LogP contribution >= 0.6 is 15.9 Å². The fourth-order valence-electron chi connectivity index (χ4n) is 4.10. The second-order valence-corrected chi connectivity index (χ2v) is 10.7. The number of Topliss-reactive ketones (excluding diaryl/α,β-unsaturated/α-hetero) is 1. The summed E-state index contributed by atoms with van der Waals surface area (Å²) in [5.41, 5.74) is 1.80. The third kappa shape index (κ3) is 5.20. The van der Waals surface area contributed by atoms with E-state index in [1.54, 1.807) is 60.7 Å². The summed E-state index contributed by atoms with van der Waals surface area (Å²) in [6, 6.07) is 18.9. The van der Waals surface area contributed by atoms with Crippen LogP contribution in [0, 0.1) is 0 Å². The van der Waals surface area contributed by atoms with Gasteiger partial charge in [-0.2, -0.15) is 0 Å². The van der Waals surface area contributed by atoms with E-state index < -0.39 is 27.8 Å². The first-order chi connectivity index (χ1) is 17.1. The number of primary sulfonamides is 1. The van der Waals surface area contributed by atoms with Gasteiger partial charge in [0.2, 0.25) is 10.0 Å². The zero-order valence-corrected chi connectivity index (χ0v) is 21.6. The molecule has 1 aliphatic rings. The van der Waals surface area contributed by atoms with Gasteiger partial charge in [0, 0.05) is 16.6 Å². The van der Waals surface area contributed by atoms with Gasteiger partial charge in [-0.1, -0.05) is 52.3 Å². The molecule has 1 unspecified atom stereocenters. The molecular weight excluding hydrogens is 548 g/mol. The highest BCUT2D eigenvalue weighted by atomic mass is 79.9. The largest absolute Gasteiger partial charge is 0.507 e. The van der Waals surface area contributed by atoms with Crippen molar-refractivity contribution in [1.29, 1.82) is 0 Å². The molecule has 0 radical (unpaired) electrons. The molecule has 3 N–H and O–H groups in total. The number of hydrogen-bond donors (Lipinski definition) is 2. The minimum absolute atomic E-state index is 0.00272. The standard InChI is InChI=1S/C26H23BrN2O6S/c1-35-20-10-6-17(7-11-20)23-22(24(30)18-4-8-19(27)9-5-18)25(31)26(32)29(23)15-14-16-2-12-21(13-3-16)36(28,33)34/h2-13,23,30H,14-15H2,1H3,(H2,28,33,34). The minimum atomic E-state index is -3.82. The van der Waals surface area contributed by atoms with Gasteiger partial charge in [0.1, 0.15) is 11.5 Å². The SMILES string of the molecule is COc1ccc(C2C(=C(O)c3ccc(Br)cc3)C(=O)C(=O)N2CCc2ccc(S(N)(=O)=O)cc2)cc1. The maximum absolute atomic E-state index is 13.1. The van der Waals surface area contributed by atoms with E-state index in [1.165, 1.54) is 24.1 Å². The molecule has 8 nitrogen and oxygen atoms in total. The number of amides is 1. The Bertz CT molecular complexity index is 1430. The minimum Gasteiger partial charge on any atom is -0.507 e. The van der Waals surface area contributed by atoms with Gasteiger partial charge in [0.05, 0.1) is 23.6 Å². The fourth-order valence-corrected chi connectivity index (χ4v) is 4.88. The second-order valence-electron chi connectivity index (χ2n) is 8.21. The highest BCUT2D eigenvalue weighted by Gasteiger charge is 2.45. The number of halogens is 1. The maximum atomic E-state index is 13.1. The summed E-state index contributed by atoms with van der Waals surface area (Å²) in [7, 11) is -2.28. The summed E-state index contributed by atoms with van der Waals surface area (Å²) in [4.78, 5) is 27.7. The summed E-state index contributed by atoms with van der Waals surface area (Å²) < 4.78 is 29.1. The zero-order chi connectivity index (χ0) is 26.0. The van der Waals surface area contributed by atoms with E-state index in [0.717, 1.165) is 10.0 Å². The van der Waals surface area contributed by atoms with Crippen molar-refractivity contribution in [2.45, 2.75) is 17.4 Å². The van der Waals surface area contributed by atoms with Gasteiger partial charge < -0.3 is 14.7 Å². The summed E-state index contributed by atoms with van der Waals surface area (Å²) in [6.07, 6.45) is 0.350. The molecule has 1 amide bonds. The topological polar surface area (TPSA) is 127 Å². The van der Waals surface area contributed by atoms with E-state index in [2.05, 4.69) is 15.9 Å². The van der Waals surface area contributed by atoms with E-state index >= 15 is 0 Å². The number of carbonyl (C=O) groups is 2. The van der Waals surface area contributed by atoms with Crippen molar-refractivity contribution < 1.29 is 27.9 Å². The number of hydrogen-bond acceptors (Lipinski definition) is 6. The number of rotatable bonds is 7. The van der Waals surface area contributed by atoms with Crippen LogP contribution in [0.2, 0.25) is 0 Å². The number of methoxy groups -OCH3 is 1. The van der Waals surface area contributed by atoms with Crippen molar-refractivity contribution in [2.75, 3.05) is 13.7 Å². The van der Waals surface area contributed by atoms with E-state index in [0.29, 0.717) is 23.3 Å². The first-order valence-electron chi connectivity index (χ1n) is 10.9. The van der Waals surface area contributed by atoms with Crippen LogP contribution < -0.4 is 9.88 Å². The lowest BCUT2D eigenvalue weighted by Crippen LogP contribution is -2.31. The van der Waals surface area contributed by atoms with Gasteiger partial charge in [-0.3, -0.25) is 9.59 Å². The van der Waals surface area contributed by atoms with Crippen molar-refractivity contribution in [2.24, 2.45) is 5.14 Å². The van der Waals surface area contributed by atoms with Crippen molar-refractivity contribution in [3.05, 3.63) is 99.5 Å². The number of ether oxygens (including phenoxy) is 1. The Labute approximate surface area is 217 Å². The molecule has 1 fully saturated rings. The molecule has 0 aromatic heterocycles. The zero-order valence-electron chi connectivity index (χ0n) is 19.2. The van der Waals surface area contributed by atoms with E-state index in [4.69, 9.17) is 9.88 Å². The molecule has 0 saturated carbocycles. The number of carbonyl (C=O) groups excluding carboxylic acids is 2. The molecule has 1 aliphatic heterocycles. The first kappa shape index (κ1) is 25.6. The number of nitrogens with zero attached hydrogens (tertiary/aromatic N) is 1. The molecule has 1 heterocycles. The fraction of sp³-hybridized carbons (Fsp3) is 0.154. The van der Waals surface area contributed by atoms with Crippen molar-refractivity contribution in [1.82, 2.24) is 4.90 Å². The molecule has 10 heteroatoms. The Balaban J connectivity index is 1.72. The lowest BCUT2D eigenvalue weighted by molar-refractivity contribution is -0.139. The smallest absolute Gasteiger partial charge is 0.295 e. The van der Waals surface area contributed by atoms with Crippen LogP contribution in [-0.2, 0) is 26.0 Å². The van der Waals surface area contributed by atoms with E-state index in [1.807, 2.05) is 0 Å². The molecule has 0 spiro atoms. The van der Waals surface area contributed by atoms with Crippen LogP contribution in [-0.4, -0.2) is 43.8 Å². The summed E-state index contributed by atoms with van der Waals surface area (Å²) in [6.45, 7) is 0.160. The van der Waals surface area contributed by atoms with Gasteiger partial charge in [-0.15, -0.1) is 0 Å². The number of nitrogens with two attached hydrogens (primary N) is 1. The van der Waals surface area contributed by atoms with Crippen LogP contribution in [0.25, 0.3) is 5.76 Å². The van der Waals surface area contributed by atoms with Gasteiger partial charge in [0.25, 0.3) is 11.7 Å². The average molecular weight is 571 g/mol.